The minimum atomic E-state index is -2.54. The molecule has 2 aliphatic heterocycles. The van der Waals surface area contributed by atoms with Crippen LogP contribution in [0.5, 0.6) is 0 Å². The van der Waals surface area contributed by atoms with Crippen molar-refractivity contribution >= 4 is 0 Å². The van der Waals surface area contributed by atoms with Crippen LogP contribution in [0.3, 0.4) is 0 Å². The van der Waals surface area contributed by atoms with Gasteiger partial charge in [-0.15, -0.1) is 0 Å². The first kappa shape index (κ1) is 15.8. The van der Waals surface area contributed by atoms with Gasteiger partial charge in [-0.25, -0.2) is 4.98 Å². The van der Waals surface area contributed by atoms with E-state index in [0.717, 1.165) is 37.3 Å². The second-order valence-corrected chi connectivity index (χ2v) is 6.23. The van der Waals surface area contributed by atoms with E-state index in [0.29, 0.717) is 25.6 Å². The van der Waals surface area contributed by atoms with Gasteiger partial charge >= 0.3 is 6.55 Å². The summed E-state index contributed by atoms with van der Waals surface area (Å²) >= 11 is 0. The molecule has 0 saturated carbocycles. The number of halogens is 2. The molecular formula is C14H22F2N4O2. The summed E-state index contributed by atoms with van der Waals surface area (Å²) < 4.78 is 31.7. The molecule has 0 bridgehead atoms. The Kier molecular flexibility index (Phi) is 4.72. The molecule has 6 nitrogen and oxygen atoms in total. The maximum absolute atomic E-state index is 12.8. The standard InChI is InChI=1S/C14H22F2N4O2/c15-13(16)20-2-1-17-12(20)7-18-3-5-19(6-4-18)8-14(9-21)10-22-11-14/h1-2,13,21H,3-11H2. The van der Waals surface area contributed by atoms with Crippen molar-refractivity contribution in [1.82, 2.24) is 19.4 Å². The zero-order chi connectivity index (χ0) is 15.6. The van der Waals surface area contributed by atoms with Gasteiger partial charge in [-0.05, 0) is 0 Å². The summed E-state index contributed by atoms with van der Waals surface area (Å²) in [5.74, 6) is 0.405. The Morgan fingerprint density at radius 2 is 1.91 bits per heavy atom. The van der Waals surface area contributed by atoms with Crippen molar-refractivity contribution in [3.63, 3.8) is 0 Å². The van der Waals surface area contributed by atoms with Crippen molar-refractivity contribution in [3.05, 3.63) is 18.2 Å². The molecule has 2 aliphatic rings. The van der Waals surface area contributed by atoms with Crippen LogP contribution in [-0.2, 0) is 11.3 Å². The predicted octanol–water partition coefficient (Wildman–Crippen LogP) is 0.405. The smallest absolute Gasteiger partial charge is 0.319 e. The molecule has 0 radical (unpaired) electrons. The van der Waals surface area contributed by atoms with E-state index in [1.165, 1.54) is 12.4 Å². The van der Waals surface area contributed by atoms with E-state index < -0.39 is 6.55 Å². The molecule has 0 aliphatic carbocycles. The molecule has 0 unspecified atom stereocenters. The number of aliphatic hydroxyl groups is 1. The van der Waals surface area contributed by atoms with Gasteiger partial charge in [0.1, 0.15) is 5.82 Å². The van der Waals surface area contributed by atoms with Gasteiger partial charge in [-0.2, -0.15) is 8.78 Å². The Balaban J connectivity index is 1.48. The number of alkyl halides is 2. The molecule has 0 spiro atoms. The van der Waals surface area contributed by atoms with Crippen LogP contribution in [0.2, 0.25) is 0 Å². The van der Waals surface area contributed by atoms with Crippen LogP contribution >= 0.6 is 0 Å². The lowest BCUT2D eigenvalue weighted by molar-refractivity contribution is -0.150. The molecule has 22 heavy (non-hydrogen) atoms. The second kappa shape index (κ2) is 6.57. The number of aromatic nitrogens is 2. The Hall–Kier alpha value is -1.09. The van der Waals surface area contributed by atoms with E-state index in [-0.39, 0.29) is 12.0 Å². The van der Waals surface area contributed by atoms with E-state index in [1.807, 2.05) is 0 Å². The predicted molar refractivity (Wildman–Crippen MR) is 75.5 cm³/mol. The van der Waals surface area contributed by atoms with E-state index in [2.05, 4.69) is 14.8 Å². The molecule has 0 amide bonds. The molecule has 3 rings (SSSR count). The van der Waals surface area contributed by atoms with Crippen LogP contribution in [0.4, 0.5) is 8.78 Å². The highest BCUT2D eigenvalue weighted by molar-refractivity contribution is 4.94. The third-order valence-electron chi connectivity index (χ3n) is 4.50. The first-order chi connectivity index (χ1) is 10.6. The van der Waals surface area contributed by atoms with E-state index >= 15 is 0 Å². The SMILES string of the molecule is OCC1(CN2CCN(Cc3nccn3C(F)F)CC2)COC1. The summed E-state index contributed by atoms with van der Waals surface area (Å²) in [6, 6.07) is 0. The molecule has 3 heterocycles. The monoisotopic (exact) mass is 316 g/mol. The summed E-state index contributed by atoms with van der Waals surface area (Å²) in [5.41, 5.74) is -0.103. The lowest BCUT2D eigenvalue weighted by atomic mass is 9.86. The first-order valence-electron chi connectivity index (χ1n) is 7.55. The topological polar surface area (TPSA) is 53.8 Å². The third kappa shape index (κ3) is 3.29. The highest BCUT2D eigenvalue weighted by Gasteiger charge is 2.40. The zero-order valence-corrected chi connectivity index (χ0v) is 12.5. The molecular weight excluding hydrogens is 294 g/mol. The van der Waals surface area contributed by atoms with Crippen LogP contribution in [-0.4, -0.2) is 77.0 Å². The van der Waals surface area contributed by atoms with Gasteiger partial charge in [0.05, 0.1) is 31.8 Å². The lowest BCUT2D eigenvalue weighted by Gasteiger charge is -2.45. The summed E-state index contributed by atoms with van der Waals surface area (Å²) in [5, 5.41) is 9.47. The van der Waals surface area contributed by atoms with Crippen LogP contribution in [0.25, 0.3) is 0 Å². The number of nitrogens with zero attached hydrogens (tertiary/aromatic N) is 4. The molecule has 0 aromatic carbocycles. The van der Waals surface area contributed by atoms with Crippen molar-refractivity contribution < 1.29 is 18.6 Å². The summed E-state index contributed by atoms with van der Waals surface area (Å²) in [6.45, 7) is 3.51. The molecule has 1 aromatic heterocycles. The van der Waals surface area contributed by atoms with Gasteiger partial charge in [0.25, 0.3) is 0 Å². The zero-order valence-electron chi connectivity index (χ0n) is 12.5. The number of hydrogen-bond donors (Lipinski definition) is 1. The second-order valence-electron chi connectivity index (χ2n) is 6.23. The molecule has 2 fully saturated rings. The average Bonchev–Trinajstić information content (AvgIpc) is 2.93. The number of imidazole rings is 1. The Labute approximate surface area is 128 Å². The number of rotatable bonds is 6. The van der Waals surface area contributed by atoms with Crippen molar-refractivity contribution in [2.45, 2.75) is 13.1 Å². The quantitative estimate of drug-likeness (QED) is 0.824. The van der Waals surface area contributed by atoms with Crippen LogP contribution < -0.4 is 0 Å². The van der Waals surface area contributed by atoms with Crippen LogP contribution in [0.1, 0.15) is 12.4 Å². The van der Waals surface area contributed by atoms with Crippen molar-refractivity contribution in [1.29, 1.82) is 0 Å². The van der Waals surface area contributed by atoms with E-state index in [1.54, 1.807) is 0 Å². The summed E-state index contributed by atoms with van der Waals surface area (Å²) in [7, 11) is 0. The maximum Gasteiger partial charge on any atom is 0.319 e. The Morgan fingerprint density at radius 1 is 1.23 bits per heavy atom. The van der Waals surface area contributed by atoms with Crippen molar-refractivity contribution in [3.8, 4) is 0 Å². The van der Waals surface area contributed by atoms with Crippen molar-refractivity contribution in [2.24, 2.45) is 5.41 Å². The molecule has 0 atom stereocenters. The fourth-order valence-electron chi connectivity index (χ4n) is 3.05. The number of piperazine rings is 1. The number of ether oxygens (including phenoxy) is 1. The lowest BCUT2D eigenvalue weighted by Crippen LogP contribution is -2.56. The third-order valence-corrected chi connectivity index (χ3v) is 4.50. The first-order valence-corrected chi connectivity index (χ1v) is 7.55. The number of hydrogen-bond acceptors (Lipinski definition) is 5. The van der Waals surface area contributed by atoms with Gasteiger partial charge in [0, 0.05) is 45.1 Å². The average molecular weight is 316 g/mol. The normalized spacial score (nSPS) is 22.9. The molecule has 124 valence electrons. The van der Waals surface area contributed by atoms with Crippen LogP contribution in [0, 0.1) is 5.41 Å². The van der Waals surface area contributed by atoms with Gasteiger partial charge < -0.3 is 9.84 Å². The fraction of sp³-hybridized carbons (Fsp3) is 0.786. The molecule has 1 N–H and O–H groups in total. The molecule has 2 saturated heterocycles. The van der Waals surface area contributed by atoms with Gasteiger partial charge in [-0.1, -0.05) is 0 Å². The highest BCUT2D eigenvalue weighted by atomic mass is 19.3. The maximum atomic E-state index is 12.8. The van der Waals surface area contributed by atoms with E-state index in [4.69, 9.17) is 4.74 Å². The fourth-order valence-corrected chi connectivity index (χ4v) is 3.05. The molecule has 1 aromatic rings. The Bertz CT molecular complexity index is 479. The largest absolute Gasteiger partial charge is 0.396 e. The minimum absolute atomic E-state index is 0.103. The van der Waals surface area contributed by atoms with Gasteiger partial charge in [-0.3, -0.25) is 14.4 Å². The summed E-state index contributed by atoms with van der Waals surface area (Å²) in [4.78, 5) is 8.48. The van der Waals surface area contributed by atoms with E-state index in [9.17, 15) is 13.9 Å². The minimum Gasteiger partial charge on any atom is -0.396 e. The van der Waals surface area contributed by atoms with Crippen molar-refractivity contribution in [2.75, 3.05) is 52.5 Å². The Morgan fingerprint density at radius 3 is 2.45 bits per heavy atom. The highest BCUT2D eigenvalue weighted by Crippen LogP contribution is 2.28. The van der Waals surface area contributed by atoms with Gasteiger partial charge in [0.15, 0.2) is 0 Å². The summed E-state index contributed by atoms with van der Waals surface area (Å²) in [6.07, 6.45) is 2.73. The van der Waals surface area contributed by atoms with Crippen LogP contribution in [0.15, 0.2) is 12.4 Å². The molecule has 8 heteroatoms. The number of aliphatic hydroxyl groups excluding tert-OH is 1. The van der Waals surface area contributed by atoms with Gasteiger partial charge in [0.2, 0.25) is 0 Å².